The topological polar surface area (TPSA) is 24.1 Å². The minimum atomic E-state index is 0.263. The molecule has 2 N–H and O–H groups in total. The van der Waals surface area contributed by atoms with Gasteiger partial charge in [0.1, 0.15) is 0 Å². The van der Waals surface area contributed by atoms with E-state index in [0.717, 1.165) is 32.4 Å². The van der Waals surface area contributed by atoms with Gasteiger partial charge in [-0.05, 0) is 111 Å². The second kappa shape index (κ2) is 19.7. The number of hydrogen-bond donors (Lipinski definition) is 2. The van der Waals surface area contributed by atoms with E-state index >= 15 is 0 Å². The Hall–Kier alpha value is -3.36. The summed E-state index contributed by atoms with van der Waals surface area (Å²) in [5.74, 6) is 0.790. The third-order valence-electron chi connectivity index (χ3n) is 7.42. The molecule has 2 aromatic carbocycles. The average molecular weight is 567 g/mol. The molecule has 0 aromatic heterocycles. The largest absolute Gasteiger partial charge is 0.358 e. The van der Waals surface area contributed by atoms with E-state index in [1.807, 2.05) is 13.0 Å². The molecule has 0 heterocycles. The van der Waals surface area contributed by atoms with Gasteiger partial charge in [-0.25, -0.2) is 0 Å². The van der Waals surface area contributed by atoms with Gasteiger partial charge in [0.05, 0.1) is 0 Å². The Bertz CT molecular complexity index is 1250. The molecular formula is C40H58N2. The van der Waals surface area contributed by atoms with E-state index in [1.54, 1.807) is 6.08 Å². The van der Waals surface area contributed by atoms with Gasteiger partial charge in [0.2, 0.25) is 0 Å². The minimum absolute atomic E-state index is 0.263. The lowest BCUT2D eigenvalue weighted by molar-refractivity contribution is 0.635. The van der Waals surface area contributed by atoms with Crippen molar-refractivity contribution >= 4 is 5.69 Å². The lowest BCUT2D eigenvalue weighted by Gasteiger charge is -2.27. The first-order valence-corrected chi connectivity index (χ1v) is 15.6. The lowest BCUT2D eigenvalue weighted by atomic mass is 9.82. The Balaban J connectivity index is 0.00000281. The summed E-state index contributed by atoms with van der Waals surface area (Å²) in [6.45, 7) is 33.2. The first-order chi connectivity index (χ1) is 20.0. The summed E-state index contributed by atoms with van der Waals surface area (Å²) in [6.07, 6.45) is 12.8. The summed E-state index contributed by atoms with van der Waals surface area (Å²) in [4.78, 5) is 0. The minimum Gasteiger partial charge on any atom is -0.358 e. The van der Waals surface area contributed by atoms with Gasteiger partial charge in [0.15, 0.2) is 0 Å². The fourth-order valence-electron chi connectivity index (χ4n) is 5.29. The van der Waals surface area contributed by atoms with Crippen LogP contribution in [0, 0.1) is 26.7 Å². The molecule has 0 aliphatic carbocycles. The number of benzene rings is 2. The van der Waals surface area contributed by atoms with Crippen molar-refractivity contribution in [3.63, 3.8) is 0 Å². The Morgan fingerprint density at radius 2 is 1.69 bits per heavy atom. The van der Waals surface area contributed by atoms with Crippen LogP contribution in [-0.2, 0) is 6.54 Å². The monoisotopic (exact) mass is 566 g/mol. The Kier molecular flexibility index (Phi) is 17.2. The normalized spacial score (nSPS) is 12.9. The van der Waals surface area contributed by atoms with Crippen molar-refractivity contribution in [3.05, 3.63) is 137 Å². The standard InChI is InChI=1S/C37H52N2.C3H6/c1-11-15-32(16-12-2)21-22-38-25-33-17-14-18-35(30(33)9)39-36(23-26(4)5)37(28(7)13-3)31(10)34-20-19-27(6)24-29(34)8;1-3-2/h11-12,14-20,24,26,31,38-39H,1,7,13,21-23,25H2,2-6,8-10H3;3H,1H2,2H3/b16-12-,32-15+,37-36-;. The Morgan fingerprint density at radius 3 is 2.26 bits per heavy atom. The summed E-state index contributed by atoms with van der Waals surface area (Å²) in [6, 6.07) is 13.4. The molecule has 228 valence electrons. The molecular weight excluding hydrogens is 508 g/mol. The molecule has 0 radical (unpaired) electrons. The Labute approximate surface area is 259 Å². The van der Waals surface area contributed by atoms with Gasteiger partial charge >= 0.3 is 0 Å². The highest BCUT2D eigenvalue weighted by molar-refractivity contribution is 5.60. The number of rotatable bonds is 15. The SMILES string of the molecule is C=C/C=C(\C=C/C)CCNCc1cccc(N/C(CC(C)C)=C(/C(=C)CC)C(C)c2ccc(C)cc2C)c1C.C=CC. The van der Waals surface area contributed by atoms with Crippen LogP contribution >= 0.6 is 0 Å². The zero-order chi connectivity index (χ0) is 31.7. The van der Waals surface area contributed by atoms with Crippen LogP contribution in [0.25, 0.3) is 0 Å². The van der Waals surface area contributed by atoms with E-state index < -0.39 is 0 Å². The predicted molar refractivity (Wildman–Crippen MR) is 190 cm³/mol. The van der Waals surface area contributed by atoms with Crippen LogP contribution in [0.4, 0.5) is 5.69 Å². The third kappa shape index (κ3) is 11.9. The molecule has 2 heteroatoms. The molecule has 0 saturated carbocycles. The third-order valence-corrected chi connectivity index (χ3v) is 7.42. The average Bonchev–Trinajstić information content (AvgIpc) is 2.93. The smallest absolute Gasteiger partial charge is 0.0414 e. The van der Waals surface area contributed by atoms with Crippen LogP contribution < -0.4 is 10.6 Å². The molecule has 2 rings (SSSR count). The van der Waals surface area contributed by atoms with Crippen molar-refractivity contribution in [2.45, 2.75) is 94.0 Å². The number of hydrogen-bond acceptors (Lipinski definition) is 2. The molecule has 0 bridgehead atoms. The highest BCUT2D eigenvalue weighted by Crippen LogP contribution is 2.37. The zero-order valence-corrected chi connectivity index (χ0v) is 28.2. The van der Waals surface area contributed by atoms with Crippen molar-refractivity contribution in [1.29, 1.82) is 0 Å². The summed E-state index contributed by atoms with van der Waals surface area (Å²) < 4.78 is 0. The summed E-state index contributed by atoms with van der Waals surface area (Å²) in [5.41, 5.74) is 13.0. The number of aryl methyl sites for hydroxylation is 2. The summed E-state index contributed by atoms with van der Waals surface area (Å²) >= 11 is 0. The van der Waals surface area contributed by atoms with Gasteiger partial charge in [-0.2, -0.15) is 0 Å². The van der Waals surface area contributed by atoms with Crippen molar-refractivity contribution in [2.24, 2.45) is 5.92 Å². The summed E-state index contributed by atoms with van der Waals surface area (Å²) in [5, 5.41) is 7.56. The van der Waals surface area contributed by atoms with Crippen LogP contribution in [0.1, 0.15) is 94.5 Å². The molecule has 42 heavy (non-hydrogen) atoms. The van der Waals surface area contributed by atoms with Gasteiger partial charge in [-0.3, -0.25) is 0 Å². The molecule has 0 saturated heterocycles. The maximum atomic E-state index is 4.54. The molecule has 0 aliphatic rings. The van der Waals surface area contributed by atoms with E-state index in [0.29, 0.717) is 5.92 Å². The second-order valence-corrected chi connectivity index (χ2v) is 11.6. The molecule has 1 atom stereocenters. The summed E-state index contributed by atoms with van der Waals surface area (Å²) in [7, 11) is 0. The van der Waals surface area contributed by atoms with E-state index in [2.05, 4.69) is 140 Å². The zero-order valence-electron chi connectivity index (χ0n) is 28.2. The number of anilines is 1. The van der Waals surface area contributed by atoms with Crippen molar-refractivity contribution in [2.75, 3.05) is 11.9 Å². The molecule has 0 spiro atoms. The molecule has 0 aliphatic heterocycles. The van der Waals surface area contributed by atoms with Crippen LogP contribution in [0.3, 0.4) is 0 Å². The van der Waals surface area contributed by atoms with Gasteiger partial charge in [-0.15, -0.1) is 6.58 Å². The van der Waals surface area contributed by atoms with E-state index in [9.17, 15) is 0 Å². The quantitative estimate of drug-likeness (QED) is 0.127. The van der Waals surface area contributed by atoms with Gasteiger partial charge in [0.25, 0.3) is 0 Å². The first kappa shape index (κ1) is 36.7. The van der Waals surface area contributed by atoms with E-state index in [1.165, 1.54) is 55.9 Å². The van der Waals surface area contributed by atoms with E-state index in [4.69, 9.17) is 0 Å². The van der Waals surface area contributed by atoms with Crippen molar-refractivity contribution < 1.29 is 0 Å². The molecule has 0 fully saturated rings. The van der Waals surface area contributed by atoms with E-state index in [-0.39, 0.29) is 5.92 Å². The van der Waals surface area contributed by atoms with Crippen LogP contribution in [-0.4, -0.2) is 6.54 Å². The molecule has 2 aromatic rings. The maximum Gasteiger partial charge on any atom is 0.0414 e. The number of nitrogens with one attached hydrogen (secondary N) is 2. The second-order valence-electron chi connectivity index (χ2n) is 11.6. The fraction of sp³-hybridized carbons (Fsp3) is 0.400. The lowest BCUT2D eigenvalue weighted by Crippen LogP contribution is -2.17. The van der Waals surface area contributed by atoms with Gasteiger partial charge < -0.3 is 10.6 Å². The highest BCUT2D eigenvalue weighted by atomic mass is 14.9. The van der Waals surface area contributed by atoms with Crippen molar-refractivity contribution in [3.8, 4) is 0 Å². The number of allylic oxidation sites excluding steroid dienone is 8. The van der Waals surface area contributed by atoms with Gasteiger partial charge in [0, 0.05) is 23.8 Å². The fourth-order valence-corrected chi connectivity index (χ4v) is 5.29. The van der Waals surface area contributed by atoms with Crippen molar-refractivity contribution in [1.82, 2.24) is 5.32 Å². The maximum absolute atomic E-state index is 4.54. The molecule has 0 amide bonds. The first-order valence-electron chi connectivity index (χ1n) is 15.6. The molecule has 2 nitrogen and oxygen atoms in total. The Morgan fingerprint density at radius 1 is 1.00 bits per heavy atom. The predicted octanol–water partition coefficient (Wildman–Crippen LogP) is 11.5. The highest BCUT2D eigenvalue weighted by Gasteiger charge is 2.21. The van der Waals surface area contributed by atoms with Crippen LogP contribution in [0.15, 0.2) is 109 Å². The molecule has 1 unspecified atom stereocenters. The van der Waals surface area contributed by atoms with Gasteiger partial charge in [-0.1, -0.05) is 107 Å². The van der Waals surface area contributed by atoms with Crippen LogP contribution in [0.5, 0.6) is 0 Å². The van der Waals surface area contributed by atoms with Crippen LogP contribution in [0.2, 0.25) is 0 Å².